The number of rotatable bonds is 2. The van der Waals surface area contributed by atoms with Gasteiger partial charge >= 0.3 is 17.8 Å². The molecule has 0 bridgehead atoms. The van der Waals surface area contributed by atoms with Crippen molar-refractivity contribution in [3.63, 3.8) is 0 Å². The van der Waals surface area contributed by atoms with Crippen LogP contribution >= 0.6 is 27.5 Å². The van der Waals surface area contributed by atoms with Crippen LogP contribution in [-0.2, 0) is 0 Å². The predicted molar refractivity (Wildman–Crippen MR) is 66.2 cm³/mol. The molecule has 0 spiro atoms. The number of nitrogens with one attached hydrogen (secondary N) is 2. The third kappa shape index (κ3) is 2.44. The quantitative estimate of drug-likeness (QED) is 0.599. The first-order chi connectivity index (χ1) is 9.04. The molecule has 0 aliphatic heterocycles. The zero-order chi connectivity index (χ0) is 15.3. The first kappa shape index (κ1) is 15.3. The Morgan fingerprint density at radius 3 is 2.10 bits per heavy atom. The monoisotopic (exact) mass is 378 g/mol. The van der Waals surface area contributed by atoms with Crippen molar-refractivity contribution in [1.82, 2.24) is 9.97 Å². The van der Waals surface area contributed by atoms with E-state index < -0.39 is 28.7 Å². The number of imidazole rings is 1. The number of hydrogen-bond donors (Lipinski definition) is 2. The van der Waals surface area contributed by atoms with Gasteiger partial charge in [-0.3, -0.25) is 0 Å². The van der Waals surface area contributed by atoms with Crippen LogP contribution in [0.2, 0.25) is 0 Å². The van der Waals surface area contributed by atoms with Crippen LogP contribution < -0.4 is 5.69 Å². The van der Waals surface area contributed by atoms with Crippen LogP contribution in [0, 0.1) is 0 Å². The van der Waals surface area contributed by atoms with Gasteiger partial charge in [-0.2, -0.15) is 22.0 Å². The molecule has 2 aromatic rings. The maximum atomic E-state index is 13.2. The van der Waals surface area contributed by atoms with E-state index in [1.807, 2.05) is 0 Å². The highest BCUT2D eigenvalue weighted by atomic mass is 79.9. The topological polar surface area (TPSA) is 48.6 Å². The number of alkyl halides is 6. The molecule has 0 aliphatic carbocycles. The van der Waals surface area contributed by atoms with Crippen LogP contribution in [0.3, 0.4) is 0 Å². The van der Waals surface area contributed by atoms with Gasteiger partial charge in [-0.05, 0) is 17.7 Å². The Bertz CT molecular complexity index is 708. The van der Waals surface area contributed by atoms with E-state index >= 15 is 0 Å². The molecule has 10 heteroatoms. The Kier molecular flexibility index (Phi) is 3.62. The van der Waals surface area contributed by atoms with Crippen molar-refractivity contribution in [1.29, 1.82) is 0 Å². The van der Waals surface area contributed by atoms with Crippen molar-refractivity contribution in [3.05, 3.63) is 32.7 Å². The fourth-order valence-corrected chi connectivity index (χ4v) is 2.61. The van der Waals surface area contributed by atoms with Gasteiger partial charge in [0.1, 0.15) is 5.38 Å². The molecule has 110 valence electrons. The summed E-state index contributed by atoms with van der Waals surface area (Å²) in [7, 11) is 0. The van der Waals surface area contributed by atoms with Gasteiger partial charge in [0.05, 0.1) is 11.0 Å². The van der Waals surface area contributed by atoms with Gasteiger partial charge in [0.2, 0.25) is 0 Å². The average molecular weight is 380 g/mol. The molecular formula is C10H5BrClF5N2O. The largest absolute Gasteiger partial charge is 0.455 e. The first-order valence-corrected chi connectivity index (χ1v) is 6.27. The minimum atomic E-state index is -5.78. The molecule has 0 radical (unpaired) electrons. The highest BCUT2D eigenvalue weighted by Gasteiger charge is 2.62. The van der Waals surface area contributed by atoms with Crippen molar-refractivity contribution in [2.45, 2.75) is 17.5 Å². The van der Waals surface area contributed by atoms with Crippen LogP contribution in [0.25, 0.3) is 11.0 Å². The third-order valence-electron chi connectivity index (χ3n) is 2.60. The summed E-state index contributed by atoms with van der Waals surface area (Å²) in [6, 6.07) is 2.17. The maximum absolute atomic E-state index is 13.2. The summed E-state index contributed by atoms with van der Waals surface area (Å²) >= 11 is 8.16. The number of aromatic amines is 2. The lowest BCUT2D eigenvalue weighted by Crippen LogP contribution is -2.40. The first-order valence-electron chi connectivity index (χ1n) is 5.04. The summed E-state index contributed by atoms with van der Waals surface area (Å²) in [5.41, 5.74) is -0.754. The second kappa shape index (κ2) is 4.73. The van der Waals surface area contributed by atoms with Gasteiger partial charge in [-0.1, -0.05) is 15.9 Å². The van der Waals surface area contributed by atoms with E-state index in [0.29, 0.717) is 0 Å². The Hall–Kier alpha value is -1.09. The third-order valence-corrected chi connectivity index (χ3v) is 3.80. The molecule has 1 atom stereocenters. The summed E-state index contributed by atoms with van der Waals surface area (Å²) in [6.45, 7) is 0. The molecule has 1 heterocycles. The van der Waals surface area contributed by atoms with Crippen LogP contribution in [0.1, 0.15) is 10.9 Å². The SMILES string of the molecule is O=c1[nH]c2cc(Br)c(C(Cl)C(F)(F)C(F)(F)F)cc2[nH]1. The fraction of sp³-hybridized carbons (Fsp3) is 0.300. The summed E-state index contributed by atoms with van der Waals surface area (Å²) in [5, 5.41) is -2.63. The minimum absolute atomic E-state index is 0.0656. The van der Waals surface area contributed by atoms with Crippen molar-refractivity contribution in [2.75, 3.05) is 0 Å². The maximum Gasteiger partial charge on any atom is 0.455 e. The Morgan fingerprint density at radius 2 is 1.60 bits per heavy atom. The molecular weight excluding hydrogens is 374 g/mol. The number of hydrogen-bond acceptors (Lipinski definition) is 1. The van der Waals surface area contributed by atoms with Crippen molar-refractivity contribution in [2.24, 2.45) is 0 Å². The van der Waals surface area contributed by atoms with Gasteiger partial charge < -0.3 is 9.97 Å². The Balaban J connectivity index is 2.57. The highest BCUT2D eigenvalue weighted by Crippen LogP contribution is 2.49. The van der Waals surface area contributed by atoms with Gasteiger partial charge in [-0.15, -0.1) is 11.6 Å². The van der Waals surface area contributed by atoms with Gasteiger partial charge in [0, 0.05) is 4.47 Å². The number of benzene rings is 1. The van der Waals surface area contributed by atoms with Gasteiger partial charge in [0.25, 0.3) is 0 Å². The Labute approximate surface area is 121 Å². The molecule has 0 aliphatic rings. The molecule has 2 N–H and O–H groups in total. The standard InChI is InChI=1S/C10H5BrClF5N2O/c11-4-2-6-5(18-8(20)19-6)1-3(4)7(12)9(13,14)10(15,16)17/h1-2,7H,(H2,18,19,20). The molecule has 1 aromatic heterocycles. The Morgan fingerprint density at radius 1 is 1.10 bits per heavy atom. The average Bonchev–Trinajstić information content (AvgIpc) is 2.64. The molecule has 0 amide bonds. The van der Waals surface area contributed by atoms with E-state index in [2.05, 4.69) is 25.9 Å². The zero-order valence-corrected chi connectivity index (χ0v) is 11.6. The van der Waals surface area contributed by atoms with Crippen molar-refractivity contribution >= 4 is 38.6 Å². The van der Waals surface area contributed by atoms with Gasteiger partial charge in [0.15, 0.2) is 0 Å². The number of halogens is 7. The summed E-state index contributed by atoms with van der Waals surface area (Å²) in [6.07, 6.45) is -5.78. The molecule has 1 unspecified atom stereocenters. The normalized spacial score (nSPS) is 14.8. The molecule has 0 saturated heterocycles. The van der Waals surface area contributed by atoms with Crippen LogP contribution in [0.4, 0.5) is 22.0 Å². The zero-order valence-electron chi connectivity index (χ0n) is 9.29. The van der Waals surface area contributed by atoms with Gasteiger partial charge in [-0.25, -0.2) is 4.79 Å². The van der Waals surface area contributed by atoms with Crippen LogP contribution in [0.5, 0.6) is 0 Å². The smallest absolute Gasteiger partial charge is 0.306 e. The minimum Gasteiger partial charge on any atom is -0.306 e. The second-order valence-corrected chi connectivity index (χ2v) is 5.27. The van der Waals surface area contributed by atoms with Crippen molar-refractivity contribution in [3.8, 4) is 0 Å². The predicted octanol–water partition coefficient (Wildman–Crippen LogP) is 4.10. The van der Waals surface area contributed by atoms with E-state index in [9.17, 15) is 26.7 Å². The molecule has 20 heavy (non-hydrogen) atoms. The summed E-state index contributed by atoms with van der Waals surface area (Å²) in [4.78, 5) is 15.6. The molecule has 0 fully saturated rings. The molecule has 2 rings (SSSR count). The number of fused-ring (bicyclic) bond motifs is 1. The lowest BCUT2D eigenvalue weighted by molar-refractivity contribution is -0.283. The van der Waals surface area contributed by atoms with E-state index in [-0.39, 0.29) is 15.5 Å². The second-order valence-electron chi connectivity index (χ2n) is 3.98. The fourth-order valence-electron chi connectivity index (χ4n) is 1.61. The van der Waals surface area contributed by atoms with E-state index in [1.165, 1.54) is 6.07 Å². The number of H-pyrrole nitrogens is 2. The molecule has 0 saturated carbocycles. The number of aromatic nitrogens is 2. The molecule has 3 nitrogen and oxygen atoms in total. The lowest BCUT2D eigenvalue weighted by atomic mass is 10.1. The van der Waals surface area contributed by atoms with E-state index in [4.69, 9.17) is 11.6 Å². The highest BCUT2D eigenvalue weighted by molar-refractivity contribution is 9.10. The van der Waals surface area contributed by atoms with Crippen LogP contribution in [0.15, 0.2) is 21.4 Å². The molecule has 1 aromatic carbocycles. The summed E-state index contributed by atoms with van der Waals surface area (Å²) < 4.78 is 63.3. The van der Waals surface area contributed by atoms with E-state index in [1.54, 1.807) is 0 Å². The van der Waals surface area contributed by atoms with E-state index in [0.717, 1.165) is 6.07 Å². The summed E-state index contributed by atoms with van der Waals surface area (Å²) in [5.74, 6) is -5.11. The van der Waals surface area contributed by atoms with Crippen molar-refractivity contribution < 1.29 is 22.0 Å². The lowest BCUT2D eigenvalue weighted by Gasteiger charge is -2.25. The van der Waals surface area contributed by atoms with Crippen LogP contribution in [-0.4, -0.2) is 22.1 Å².